The van der Waals surface area contributed by atoms with Gasteiger partial charge >= 0.3 is 0 Å². The second kappa shape index (κ2) is 6.78. The molecule has 0 radical (unpaired) electrons. The van der Waals surface area contributed by atoms with E-state index in [1.165, 1.54) is 17.4 Å². The van der Waals surface area contributed by atoms with Crippen LogP contribution in [0.3, 0.4) is 0 Å². The molecule has 1 saturated heterocycles. The van der Waals surface area contributed by atoms with Crippen molar-refractivity contribution in [1.29, 1.82) is 0 Å². The molecule has 0 unspecified atom stereocenters. The van der Waals surface area contributed by atoms with Gasteiger partial charge in [-0.2, -0.15) is 8.42 Å². The van der Waals surface area contributed by atoms with Crippen LogP contribution in [0, 0.1) is 0 Å². The summed E-state index contributed by atoms with van der Waals surface area (Å²) in [6.07, 6.45) is 1.26. The number of amidine groups is 1. The molecule has 8 nitrogen and oxygen atoms in total. The van der Waals surface area contributed by atoms with E-state index in [-0.39, 0.29) is 10.7 Å². The highest BCUT2D eigenvalue weighted by atomic mass is 32.2. The van der Waals surface area contributed by atoms with E-state index < -0.39 is 27.9 Å². The van der Waals surface area contributed by atoms with E-state index in [1.807, 2.05) is 0 Å². The molecule has 1 aromatic carbocycles. The summed E-state index contributed by atoms with van der Waals surface area (Å²) in [7, 11) is -3.75. The smallest absolute Gasteiger partial charge is 0.285 e. The van der Waals surface area contributed by atoms with Gasteiger partial charge in [-0.25, -0.2) is 0 Å². The highest BCUT2D eigenvalue weighted by Crippen LogP contribution is 2.31. The van der Waals surface area contributed by atoms with Gasteiger partial charge in [0.1, 0.15) is 10.9 Å². The van der Waals surface area contributed by atoms with Crippen LogP contribution in [0.2, 0.25) is 0 Å². The van der Waals surface area contributed by atoms with Gasteiger partial charge in [0, 0.05) is 12.1 Å². The van der Waals surface area contributed by atoms with E-state index in [9.17, 15) is 18.0 Å². The molecule has 3 heterocycles. The summed E-state index contributed by atoms with van der Waals surface area (Å²) in [4.78, 5) is 26.9. The molecule has 1 fully saturated rings. The Morgan fingerprint density at radius 2 is 1.96 bits per heavy atom. The lowest BCUT2D eigenvalue weighted by molar-refractivity contribution is -0.125. The fourth-order valence-electron chi connectivity index (χ4n) is 3.26. The Morgan fingerprint density at radius 1 is 1.15 bits per heavy atom. The first kappa shape index (κ1) is 17.7. The monoisotopic (exact) mass is 404 g/mol. The number of likely N-dealkylation sites (tertiary alicyclic amines) is 1. The van der Waals surface area contributed by atoms with Crippen LogP contribution < -0.4 is 10.9 Å². The third-order valence-corrected chi connectivity index (χ3v) is 6.68. The zero-order valence-corrected chi connectivity index (χ0v) is 15.7. The van der Waals surface area contributed by atoms with Crippen molar-refractivity contribution in [2.24, 2.45) is 4.40 Å². The van der Waals surface area contributed by atoms with Crippen molar-refractivity contribution in [2.45, 2.75) is 23.8 Å². The van der Waals surface area contributed by atoms with Crippen molar-refractivity contribution < 1.29 is 18.0 Å². The fourth-order valence-corrected chi connectivity index (χ4v) is 5.10. The number of hydrogen-bond acceptors (Lipinski definition) is 6. The van der Waals surface area contributed by atoms with Gasteiger partial charge in [-0.05, 0) is 36.4 Å². The lowest BCUT2D eigenvalue weighted by atomic mass is 10.1. The van der Waals surface area contributed by atoms with Crippen molar-refractivity contribution in [3.05, 3.63) is 52.2 Å². The van der Waals surface area contributed by atoms with Crippen molar-refractivity contribution in [1.82, 2.24) is 15.8 Å². The normalized spacial score (nSPS) is 20.1. The SMILES string of the molecule is O=C(NNC(=O)[C@@H]1CCCN1C1=NS(=O)(=O)c2ccccc21)c1cccs1. The summed E-state index contributed by atoms with van der Waals surface area (Å²) in [6, 6.07) is 9.37. The summed E-state index contributed by atoms with van der Waals surface area (Å²) >= 11 is 1.27. The molecule has 0 spiro atoms. The van der Waals surface area contributed by atoms with Crippen molar-refractivity contribution in [3.8, 4) is 0 Å². The van der Waals surface area contributed by atoms with Gasteiger partial charge in [0.05, 0.1) is 4.88 Å². The van der Waals surface area contributed by atoms with Crippen LogP contribution in [0.5, 0.6) is 0 Å². The second-order valence-corrected chi connectivity index (χ2v) is 8.68. The first-order valence-electron chi connectivity index (χ1n) is 8.32. The molecule has 140 valence electrons. The quantitative estimate of drug-likeness (QED) is 0.730. The third-order valence-electron chi connectivity index (χ3n) is 4.48. The van der Waals surface area contributed by atoms with Crippen molar-refractivity contribution in [3.63, 3.8) is 0 Å². The predicted molar refractivity (Wildman–Crippen MR) is 99.8 cm³/mol. The Kier molecular flexibility index (Phi) is 4.44. The Morgan fingerprint density at radius 3 is 2.74 bits per heavy atom. The molecular weight excluding hydrogens is 388 g/mol. The van der Waals surface area contributed by atoms with Gasteiger partial charge in [0.15, 0.2) is 5.84 Å². The number of hydrogen-bond donors (Lipinski definition) is 2. The minimum atomic E-state index is -3.75. The van der Waals surface area contributed by atoms with Crippen LogP contribution >= 0.6 is 11.3 Å². The Balaban J connectivity index is 1.51. The molecular formula is C17H16N4O4S2. The molecule has 1 atom stereocenters. The van der Waals surface area contributed by atoms with Crippen LogP contribution in [0.4, 0.5) is 0 Å². The molecule has 2 aliphatic rings. The summed E-state index contributed by atoms with van der Waals surface area (Å²) < 4.78 is 28.4. The molecule has 1 aromatic heterocycles. The molecule has 0 aliphatic carbocycles. The minimum Gasteiger partial charge on any atom is -0.343 e. The number of nitrogens with zero attached hydrogens (tertiary/aromatic N) is 2. The molecule has 2 aromatic rings. The zero-order chi connectivity index (χ0) is 19.0. The zero-order valence-electron chi connectivity index (χ0n) is 14.1. The van der Waals surface area contributed by atoms with E-state index >= 15 is 0 Å². The highest BCUT2D eigenvalue weighted by Gasteiger charge is 2.39. The highest BCUT2D eigenvalue weighted by molar-refractivity contribution is 7.90. The largest absolute Gasteiger partial charge is 0.343 e. The Hall–Kier alpha value is -2.72. The van der Waals surface area contributed by atoms with E-state index in [0.29, 0.717) is 23.4 Å². The summed E-state index contributed by atoms with van der Waals surface area (Å²) in [6.45, 7) is 0.514. The average Bonchev–Trinajstić information content (AvgIpc) is 3.39. The summed E-state index contributed by atoms with van der Waals surface area (Å²) in [5.74, 6) is -0.510. The molecule has 0 bridgehead atoms. The van der Waals surface area contributed by atoms with E-state index in [1.54, 1.807) is 40.6 Å². The number of benzene rings is 1. The molecule has 2 aliphatic heterocycles. The third kappa shape index (κ3) is 3.21. The number of hydrazine groups is 1. The number of carbonyl (C=O) groups excluding carboxylic acids is 2. The van der Waals surface area contributed by atoms with E-state index in [0.717, 1.165) is 6.42 Å². The van der Waals surface area contributed by atoms with Gasteiger partial charge in [-0.1, -0.05) is 18.2 Å². The molecule has 4 rings (SSSR count). The molecule has 10 heteroatoms. The average molecular weight is 404 g/mol. The van der Waals surface area contributed by atoms with Crippen LogP contribution in [0.1, 0.15) is 28.1 Å². The Bertz CT molecular complexity index is 1030. The lowest BCUT2D eigenvalue weighted by Crippen LogP contribution is -2.51. The molecule has 2 amide bonds. The fraction of sp³-hybridized carbons (Fsp3) is 0.235. The number of nitrogens with one attached hydrogen (secondary N) is 2. The minimum absolute atomic E-state index is 0.150. The summed E-state index contributed by atoms with van der Waals surface area (Å²) in [5, 5.41) is 1.77. The van der Waals surface area contributed by atoms with Crippen LogP contribution in [-0.4, -0.2) is 43.6 Å². The van der Waals surface area contributed by atoms with E-state index in [2.05, 4.69) is 15.2 Å². The number of amides is 2. The standard InChI is InChI=1S/C17H16N4O4S2/c22-16(18-19-17(23)13-7-4-10-26-13)12-6-3-9-21(12)15-11-5-1-2-8-14(11)27(24,25)20-15/h1-2,4-5,7-8,10,12H,3,6,9H2,(H,18,22)(H,19,23)/t12-/m0/s1. The molecule has 27 heavy (non-hydrogen) atoms. The number of sulfonamides is 1. The topological polar surface area (TPSA) is 108 Å². The molecule has 2 N–H and O–H groups in total. The summed E-state index contributed by atoms with van der Waals surface area (Å²) in [5.41, 5.74) is 5.33. The lowest BCUT2D eigenvalue weighted by Gasteiger charge is -2.25. The Labute approximate surface area is 159 Å². The maximum Gasteiger partial charge on any atom is 0.285 e. The first-order valence-corrected chi connectivity index (χ1v) is 10.6. The maximum atomic E-state index is 12.6. The number of carbonyl (C=O) groups is 2. The number of fused-ring (bicyclic) bond motifs is 1. The van der Waals surface area contributed by atoms with Crippen molar-refractivity contribution >= 4 is 39.0 Å². The number of thiophene rings is 1. The van der Waals surface area contributed by atoms with Gasteiger partial charge in [-0.3, -0.25) is 20.4 Å². The van der Waals surface area contributed by atoms with Crippen LogP contribution in [-0.2, 0) is 14.8 Å². The van der Waals surface area contributed by atoms with Gasteiger partial charge < -0.3 is 4.90 Å². The predicted octanol–water partition coefficient (Wildman–Crippen LogP) is 1.12. The second-order valence-electron chi connectivity index (χ2n) is 6.16. The first-order chi connectivity index (χ1) is 13.0. The van der Waals surface area contributed by atoms with Gasteiger partial charge in [0.2, 0.25) is 0 Å². The maximum absolute atomic E-state index is 12.6. The van der Waals surface area contributed by atoms with Crippen LogP contribution in [0.25, 0.3) is 0 Å². The van der Waals surface area contributed by atoms with E-state index in [4.69, 9.17) is 0 Å². The number of rotatable bonds is 2. The van der Waals surface area contributed by atoms with Crippen LogP contribution in [0.15, 0.2) is 51.1 Å². The van der Waals surface area contributed by atoms with Crippen molar-refractivity contribution in [2.75, 3.05) is 6.54 Å². The molecule has 0 saturated carbocycles. The van der Waals surface area contributed by atoms with Gasteiger partial charge in [0.25, 0.3) is 21.8 Å². The van der Waals surface area contributed by atoms with Gasteiger partial charge in [-0.15, -0.1) is 15.7 Å².